The van der Waals surface area contributed by atoms with E-state index in [9.17, 15) is 12.9 Å². The third kappa shape index (κ3) is 6.75. The minimum Gasteiger partial charge on any atom is -0.445 e. The van der Waals surface area contributed by atoms with E-state index in [1.807, 2.05) is 6.07 Å². The van der Waals surface area contributed by atoms with Crippen molar-refractivity contribution in [1.82, 2.24) is 4.90 Å². The van der Waals surface area contributed by atoms with Crippen molar-refractivity contribution < 1.29 is 64.3 Å². The summed E-state index contributed by atoms with van der Waals surface area (Å²) >= 11 is 5.79. The van der Waals surface area contributed by atoms with Gasteiger partial charge in [0, 0.05) is 11.6 Å². The number of likely N-dealkylation sites (N-methyl/N-ethyl adjacent to an activating group) is 1. The van der Waals surface area contributed by atoms with Crippen LogP contribution in [0.4, 0.5) is 12.9 Å². The van der Waals surface area contributed by atoms with Gasteiger partial charge in [0.2, 0.25) is 0 Å². The fraction of sp³-hybridized carbons (Fsp3) is 0.273. The molecule has 0 heterocycles. The molecule has 0 atom stereocenters. The summed E-state index contributed by atoms with van der Waals surface area (Å²) in [5.74, 6) is 0. The Morgan fingerprint density at radius 1 is 1.39 bits per heavy atom. The molecule has 0 aromatic heterocycles. The van der Waals surface area contributed by atoms with Crippen LogP contribution in [0.3, 0.4) is 0 Å². The van der Waals surface area contributed by atoms with Gasteiger partial charge in [0.05, 0.1) is 0 Å². The molecule has 0 bridgehead atoms. The summed E-state index contributed by atoms with van der Waals surface area (Å²) in [4.78, 5) is 1.56. The van der Waals surface area contributed by atoms with Crippen molar-refractivity contribution in [3.8, 4) is 0 Å². The SMILES string of the molecule is C=C(CN(C)Cc1cccc(Cl)c1)[B-](F)(F)F.[K+]. The van der Waals surface area contributed by atoms with E-state index in [0.29, 0.717) is 11.6 Å². The molecule has 0 unspecified atom stereocenters. The monoisotopic (exact) mass is 301 g/mol. The minimum absolute atomic E-state index is 0. The van der Waals surface area contributed by atoms with Crippen LogP contribution in [-0.4, -0.2) is 25.5 Å². The molecule has 7 heteroatoms. The summed E-state index contributed by atoms with van der Waals surface area (Å²) < 4.78 is 37.0. The number of rotatable bonds is 5. The van der Waals surface area contributed by atoms with Crippen LogP contribution in [0.25, 0.3) is 0 Å². The zero-order valence-corrected chi connectivity index (χ0v) is 14.3. The Labute approximate surface area is 153 Å². The van der Waals surface area contributed by atoms with Gasteiger partial charge in [-0.1, -0.05) is 23.7 Å². The van der Waals surface area contributed by atoms with E-state index in [1.165, 1.54) is 0 Å². The van der Waals surface area contributed by atoms with Crippen LogP contribution < -0.4 is 51.4 Å². The van der Waals surface area contributed by atoms with Crippen LogP contribution in [0.15, 0.2) is 36.3 Å². The summed E-state index contributed by atoms with van der Waals surface area (Å²) in [5.41, 5.74) is 0.192. The normalized spacial score (nSPS) is 11.2. The fourth-order valence-corrected chi connectivity index (χ4v) is 1.67. The fourth-order valence-electron chi connectivity index (χ4n) is 1.45. The summed E-state index contributed by atoms with van der Waals surface area (Å²) in [6.07, 6.45) is 0. The maximum absolute atomic E-state index is 12.3. The van der Waals surface area contributed by atoms with Gasteiger partial charge in [0.1, 0.15) is 0 Å². The summed E-state index contributed by atoms with van der Waals surface area (Å²) in [6.45, 7) is -1.67. The smallest absolute Gasteiger partial charge is 0.445 e. The van der Waals surface area contributed by atoms with Crippen molar-refractivity contribution >= 4 is 18.6 Å². The van der Waals surface area contributed by atoms with Crippen molar-refractivity contribution in [3.63, 3.8) is 0 Å². The van der Waals surface area contributed by atoms with Gasteiger partial charge in [-0.25, -0.2) is 0 Å². The molecule has 0 aliphatic rings. The first-order valence-electron chi connectivity index (χ1n) is 5.09. The zero-order valence-electron chi connectivity index (χ0n) is 10.5. The van der Waals surface area contributed by atoms with Gasteiger partial charge in [0.15, 0.2) is 0 Å². The number of halogens is 4. The molecular weight excluding hydrogens is 288 g/mol. The maximum atomic E-state index is 12.3. The summed E-state index contributed by atoms with van der Waals surface area (Å²) in [5, 5.41) is 0.578. The minimum atomic E-state index is -4.95. The van der Waals surface area contributed by atoms with Crippen LogP contribution in [0.5, 0.6) is 0 Å². The summed E-state index contributed by atoms with van der Waals surface area (Å²) in [6, 6.07) is 7.06. The van der Waals surface area contributed by atoms with Gasteiger partial charge < -0.3 is 17.8 Å². The molecule has 0 N–H and O–H groups in total. The Balaban J connectivity index is 0.00000289. The van der Waals surface area contributed by atoms with Crippen molar-refractivity contribution in [3.05, 3.63) is 46.9 Å². The molecule has 94 valence electrons. The molecule has 1 nitrogen and oxygen atoms in total. The molecule has 18 heavy (non-hydrogen) atoms. The van der Waals surface area contributed by atoms with E-state index in [1.54, 1.807) is 30.1 Å². The second-order valence-electron chi connectivity index (χ2n) is 4.04. The second kappa shape index (κ2) is 8.09. The molecule has 0 fully saturated rings. The number of benzene rings is 1. The van der Waals surface area contributed by atoms with E-state index in [2.05, 4.69) is 6.58 Å². The molecule has 0 aliphatic heterocycles. The van der Waals surface area contributed by atoms with Gasteiger partial charge in [-0.2, -0.15) is 0 Å². The number of nitrogens with zero attached hydrogens (tertiary/aromatic N) is 1. The predicted octanol–water partition coefficient (Wildman–Crippen LogP) is 0.719. The van der Waals surface area contributed by atoms with Gasteiger partial charge in [0.25, 0.3) is 0 Å². The van der Waals surface area contributed by atoms with Crippen molar-refractivity contribution in [1.29, 1.82) is 0 Å². The first-order chi connectivity index (χ1) is 7.79. The Bertz CT molecular complexity index is 412. The van der Waals surface area contributed by atoms with E-state index in [0.717, 1.165) is 5.56 Å². The van der Waals surface area contributed by atoms with Gasteiger partial charge in [-0.15, -0.1) is 12.1 Å². The predicted molar refractivity (Wildman–Crippen MR) is 66.0 cm³/mol. The zero-order chi connectivity index (χ0) is 13.1. The second-order valence-corrected chi connectivity index (χ2v) is 4.47. The van der Waals surface area contributed by atoms with Gasteiger partial charge in [-0.3, -0.25) is 0 Å². The molecule has 0 radical (unpaired) electrons. The Kier molecular flexibility index (Phi) is 8.41. The van der Waals surface area contributed by atoms with Gasteiger partial charge >= 0.3 is 58.4 Å². The first kappa shape index (κ1) is 18.7. The standard InChI is InChI=1S/C11H13BClF3N.K/c1-9(12(14,15)16)7-17(2)8-10-4-3-5-11(13)6-10;/h3-6H,1,7-8H2,2H3;/q-1;+1. The first-order valence-corrected chi connectivity index (χ1v) is 5.47. The Morgan fingerprint density at radius 2 is 2.00 bits per heavy atom. The number of hydrogen-bond acceptors (Lipinski definition) is 1. The molecule has 0 amide bonds. The molecule has 1 aromatic rings. The number of hydrogen-bond donors (Lipinski definition) is 0. The Hall–Kier alpha value is 0.701. The van der Waals surface area contributed by atoms with Crippen LogP contribution >= 0.6 is 11.6 Å². The molecule has 0 saturated heterocycles. The molecular formula is C11H13BClF3KN. The van der Waals surface area contributed by atoms with Crippen LogP contribution in [0, 0.1) is 0 Å². The van der Waals surface area contributed by atoms with E-state index >= 15 is 0 Å². The third-order valence-electron chi connectivity index (χ3n) is 2.28. The molecule has 1 aromatic carbocycles. The average molecular weight is 302 g/mol. The van der Waals surface area contributed by atoms with Crippen molar-refractivity contribution in [2.45, 2.75) is 6.54 Å². The third-order valence-corrected chi connectivity index (χ3v) is 2.51. The van der Waals surface area contributed by atoms with Gasteiger partial charge in [-0.05, 0) is 31.3 Å². The van der Waals surface area contributed by atoms with E-state index < -0.39 is 12.4 Å². The topological polar surface area (TPSA) is 3.24 Å². The summed E-state index contributed by atoms with van der Waals surface area (Å²) in [7, 11) is 1.62. The quantitative estimate of drug-likeness (QED) is 0.725. The molecule has 0 aliphatic carbocycles. The Morgan fingerprint density at radius 3 is 2.50 bits per heavy atom. The van der Waals surface area contributed by atoms with Crippen LogP contribution in [-0.2, 0) is 6.54 Å². The van der Waals surface area contributed by atoms with E-state index in [-0.39, 0.29) is 57.9 Å². The molecule has 0 spiro atoms. The van der Waals surface area contributed by atoms with Crippen molar-refractivity contribution in [2.75, 3.05) is 13.6 Å². The average Bonchev–Trinajstić information content (AvgIpc) is 2.15. The largest absolute Gasteiger partial charge is 1.00 e. The maximum Gasteiger partial charge on any atom is 1.00 e. The molecule has 0 saturated carbocycles. The van der Waals surface area contributed by atoms with Crippen LogP contribution in [0.1, 0.15) is 5.56 Å². The van der Waals surface area contributed by atoms with E-state index in [4.69, 9.17) is 11.6 Å². The van der Waals surface area contributed by atoms with Crippen molar-refractivity contribution in [2.24, 2.45) is 0 Å². The molecule has 1 rings (SSSR count). The van der Waals surface area contributed by atoms with Crippen LogP contribution in [0.2, 0.25) is 5.02 Å².